The van der Waals surface area contributed by atoms with Crippen molar-refractivity contribution < 1.29 is 22.7 Å². The Morgan fingerprint density at radius 1 is 1.26 bits per heavy atom. The predicted molar refractivity (Wildman–Crippen MR) is 78.2 cm³/mol. The fraction of sp³-hybridized carbons (Fsp3) is 0.333. The number of anilines is 1. The molecule has 0 radical (unpaired) electrons. The number of nitrogens with zero attached hydrogens (tertiary/aromatic N) is 1. The van der Waals surface area contributed by atoms with Gasteiger partial charge in [0.05, 0.1) is 6.61 Å². The summed E-state index contributed by atoms with van der Waals surface area (Å²) in [7, 11) is 0. The number of carbonyl (C=O) groups excluding carboxylic acids is 1. The fourth-order valence-electron chi connectivity index (χ4n) is 1.82. The number of aromatic amines is 1. The van der Waals surface area contributed by atoms with E-state index >= 15 is 0 Å². The van der Waals surface area contributed by atoms with E-state index in [1.165, 1.54) is 12.1 Å². The van der Waals surface area contributed by atoms with Gasteiger partial charge < -0.3 is 10.1 Å². The minimum absolute atomic E-state index is 0.168. The lowest BCUT2D eigenvalue weighted by atomic mass is 10.1. The Kier molecular flexibility index (Phi) is 5.05. The molecule has 5 nitrogen and oxygen atoms in total. The Bertz CT molecular complexity index is 678. The first-order valence-electron chi connectivity index (χ1n) is 6.82. The average molecular weight is 327 g/mol. The summed E-state index contributed by atoms with van der Waals surface area (Å²) in [6.07, 6.45) is -4.35. The molecule has 0 aliphatic heterocycles. The topological polar surface area (TPSA) is 67.0 Å². The van der Waals surface area contributed by atoms with E-state index in [1.807, 2.05) is 13.8 Å². The van der Waals surface area contributed by atoms with Gasteiger partial charge in [-0.2, -0.15) is 18.3 Å². The minimum atomic E-state index is -4.35. The van der Waals surface area contributed by atoms with Gasteiger partial charge in [0.1, 0.15) is 6.61 Å². The maximum atomic E-state index is 12.1. The van der Waals surface area contributed by atoms with Crippen LogP contribution in [0.15, 0.2) is 24.3 Å². The largest absolute Gasteiger partial charge is 0.411 e. The molecule has 1 aromatic heterocycles. The average Bonchev–Trinajstić information content (AvgIpc) is 2.78. The summed E-state index contributed by atoms with van der Waals surface area (Å²) in [5.41, 5.74) is 2.63. The molecule has 0 fully saturated rings. The van der Waals surface area contributed by atoms with Gasteiger partial charge in [-0.05, 0) is 31.5 Å². The van der Waals surface area contributed by atoms with Crippen LogP contribution in [0, 0.1) is 13.8 Å². The Morgan fingerprint density at radius 3 is 2.43 bits per heavy atom. The molecule has 1 aromatic carbocycles. The highest BCUT2D eigenvalue weighted by Gasteiger charge is 2.27. The van der Waals surface area contributed by atoms with Crippen LogP contribution in [-0.4, -0.2) is 28.9 Å². The molecule has 0 saturated carbocycles. The highest BCUT2D eigenvalue weighted by atomic mass is 19.4. The van der Waals surface area contributed by atoms with Crippen molar-refractivity contribution in [1.29, 1.82) is 0 Å². The number of rotatable bonds is 5. The van der Waals surface area contributed by atoms with Gasteiger partial charge in [0.2, 0.25) is 0 Å². The minimum Gasteiger partial charge on any atom is -0.367 e. The monoisotopic (exact) mass is 327 g/mol. The number of hydrogen-bond acceptors (Lipinski definition) is 3. The Morgan fingerprint density at radius 2 is 1.91 bits per heavy atom. The predicted octanol–water partition coefficient (Wildman–Crippen LogP) is 3.36. The van der Waals surface area contributed by atoms with Crippen LogP contribution < -0.4 is 5.32 Å². The van der Waals surface area contributed by atoms with Crippen LogP contribution in [-0.2, 0) is 11.3 Å². The summed E-state index contributed by atoms with van der Waals surface area (Å²) >= 11 is 0. The first-order valence-corrected chi connectivity index (χ1v) is 6.82. The number of halogens is 3. The maximum Gasteiger partial charge on any atom is 0.411 e. The van der Waals surface area contributed by atoms with Gasteiger partial charge in [0, 0.05) is 16.8 Å². The molecule has 8 heteroatoms. The molecule has 23 heavy (non-hydrogen) atoms. The molecular formula is C15H16F3N3O2. The first kappa shape index (κ1) is 17.0. The number of ether oxygens (including phenoxy) is 1. The molecule has 0 unspecified atom stereocenters. The fourth-order valence-corrected chi connectivity index (χ4v) is 1.82. The van der Waals surface area contributed by atoms with Gasteiger partial charge >= 0.3 is 6.18 Å². The lowest BCUT2D eigenvalue weighted by Gasteiger charge is -2.08. The summed E-state index contributed by atoms with van der Waals surface area (Å²) in [6, 6.07) is 6.15. The SMILES string of the molecule is Cc1[nH]nc(NC(=O)c2ccc(COCC(F)(F)F)cc2)c1C. The Hall–Kier alpha value is -2.35. The summed E-state index contributed by atoms with van der Waals surface area (Å²) in [6.45, 7) is 2.20. The summed E-state index contributed by atoms with van der Waals surface area (Å²) in [5, 5.41) is 9.41. The lowest BCUT2D eigenvalue weighted by Crippen LogP contribution is -2.16. The molecule has 0 aliphatic rings. The standard InChI is InChI=1S/C15H16F3N3O2/c1-9-10(2)20-21-13(9)19-14(22)12-5-3-11(4-6-12)7-23-8-15(16,17)18/h3-6H,7-8H2,1-2H3,(H2,19,20,21,22). The Balaban J connectivity index is 1.93. The van der Waals surface area contributed by atoms with Crippen molar-refractivity contribution in [2.75, 3.05) is 11.9 Å². The van der Waals surface area contributed by atoms with Gasteiger partial charge in [-0.25, -0.2) is 0 Å². The number of hydrogen-bond donors (Lipinski definition) is 2. The van der Waals surface area contributed by atoms with E-state index in [4.69, 9.17) is 0 Å². The molecule has 0 bridgehead atoms. The van der Waals surface area contributed by atoms with Crippen LogP contribution >= 0.6 is 0 Å². The summed E-state index contributed by atoms with van der Waals surface area (Å²) < 4.78 is 40.5. The van der Waals surface area contributed by atoms with Gasteiger partial charge in [-0.15, -0.1) is 0 Å². The van der Waals surface area contributed by atoms with Gasteiger partial charge in [-0.3, -0.25) is 9.89 Å². The number of aryl methyl sites for hydroxylation is 1. The van der Waals surface area contributed by atoms with Crippen molar-refractivity contribution in [2.45, 2.75) is 26.6 Å². The summed E-state index contributed by atoms with van der Waals surface area (Å²) in [4.78, 5) is 12.1. The number of benzene rings is 1. The molecule has 2 aromatic rings. The number of aromatic nitrogens is 2. The van der Waals surface area contributed by atoms with Crippen LogP contribution in [0.1, 0.15) is 27.2 Å². The van der Waals surface area contributed by atoms with Crippen molar-refractivity contribution in [3.8, 4) is 0 Å². The molecule has 1 heterocycles. The zero-order valence-corrected chi connectivity index (χ0v) is 12.6. The first-order chi connectivity index (χ1) is 10.8. The van der Waals surface area contributed by atoms with E-state index in [0.29, 0.717) is 16.9 Å². The molecule has 1 amide bonds. The van der Waals surface area contributed by atoms with Crippen LogP contribution in [0.5, 0.6) is 0 Å². The third kappa shape index (κ3) is 4.82. The molecule has 0 atom stereocenters. The number of alkyl halides is 3. The van der Waals surface area contributed by atoms with Crippen molar-refractivity contribution >= 4 is 11.7 Å². The van der Waals surface area contributed by atoms with Gasteiger partial charge in [0.25, 0.3) is 5.91 Å². The Labute approximate surface area is 130 Å². The zero-order valence-electron chi connectivity index (χ0n) is 12.6. The van der Waals surface area contributed by atoms with E-state index in [1.54, 1.807) is 12.1 Å². The lowest BCUT2D eigenvalue weighted by molar-refractivity contribution is -0.176. The van der Waals surface area contributed by atoms with E-state index in [0.717, 1.165) is 11.3 Å². The van der Waals surface area contributed by atoms with Crippen molar-refractivity contribution in [1.82, 2.24) is 10.2 Å². The number of carbonyl (C=O) groups is 1. The molecule has 0 aliphatic carbocycles. The second-order valence-corrected chi connectivity index (χ2v) is 5.08. The van der Waals surface area contributed by atoms with Gasteiger partial charge in [0.15, 0.2) is 5.82 Å². The molecule has 124 valence electrons. The van der Waals surface area contributed by atoms with Crippen LogP contribution in [0.25, 0.3) is 0 Å². The van der Waals surface area contributed by atoms with Crippen LogP contribution in [0.2, 0.25) is 0 Å². The highest BCUT2D eigenvalue weighted by molar-refractivity contribution is 6.04. The van der Waals surface area contributed by atoms with Crippen molar-refractivity contribution in [3.63, 3.8) is 0 Å². The van der Waals surface area contributed by atoms with Gasteiger partial charge in [-0.1, -0.05) is 12.1 Å². The number of amides is 1. The second-order valence-electron chi connectivity index (χ2n) is 5.08. The normalized spacial score (nSPS) is 11.5. The van der Waals surface area contributed by atoms with E-state index in [2.05, 4.69) is 20.3 Å². The van der Waals surface area contributed by atoms with E-state index in [9.17, 15) is 18.0 Å². The molecule has 2 N–H and O–H groups in total. The van der Waals surface area contributed by atoms with Crippen molar-refractivity contribution in [3.05, 3.63) is 46.6 Å². The third-order valence-corrected chi connectivity index (χ3v) is 3.24. The maximum absolute atomic E-state index is 12.1. The number of nitrogens with one attached hydrogen (secondary N) is 2. The van der Waals surface area contributed by atoms with Crippen molar-refractivity contribution in [2.24, 2.45) is 0 Å². The molecule has 2 rings (SSSR count). The van der Waals surface area contributed by atoms with Crippen LogP contribution in [0.4, 0.5) is 19.0 Å². The molecule has 0 saturated heterocycles. The number of H-pyrrole nitrogens is 1. The molecular weight excluding hydrogens is 311 g/mol. The summed E-state index contributed by atoms with van der Waals surface area (Å²) in [5.74, 6) is 0.104. The molecule has 0 spiro atoms. The highest BCUT2D eigenvalue weighted by Crippen LogP contribution is 2.17. The van der Waals surface area contributed by atoms with E-state index in [-0.39, 0.29) is 12.5 Å². The second kappa shape index (κ2) is 6.82. The third-order valence-electron chi connectivity index (χ3n) is 3.24. The zero-order chi connectivity index (χ0) is 17.0. The van der Waals surface area contributed by atoms with Crippen LogP contribution in [0.3, 0.4) is 0 Å². The smallest absolute Gasteiger partial charge is 0.367 e. The quantitative estimate of drug-likeness (QED) is 0.885. The van der Waals surface area contributed by atoms with E-state index < -0.39 is 12.8 Å².